The van der Waals surface area contributed by atoms with Gasteiger partial charge in [-0.2, -0.15) is 0 Å². The Morgan fingerprint density at radius 1 is 1.11 bits per heavy atom. The van der Waals surface area contributed by atoms with Crippen molar-refractivity contribution in [3.8, 4) is 5.75 Å². The van der Waals surface area contributed by atoms with E-state index in [9.17, 15) is 8.78 Å². The molecule has 0 saturated heterocycles. The van der Waals surface area contributed by atoms with Gasteiger partial charge in [0.1, 0.15) is 23.5 Å². The maximum absolute atomic E-state index is 13.2. The van der Waals surface area contributed by atoms with Gasteiger partial charge in [-0.25, -0.2) is 8.78 Å². The molecule has 2 nitrogen and oxygen atoms in total. The second-order valence-corrected chi connectivity index (χ2v) is 4.77. The maximum Gasteiger partial charge on any atom is 0.144 e. The Bertz CT molecular complexity index is 613. The quantitative estimate of drug-likeness (QED) is 0.847. The average Bonchev–Trinajstić information content (AvgIpc) is 2.36. The monoisotopic (exact) mass is 281 g/mol. The van der Waals surface area contributed by atoms with Crippen LogP contribution in [0.1, 0.15) is 11.7 Å². The van der Waals surface area contributed by atoms with E-state index in [2.05, 4.69) is 5.32 Å². The van der Waals surface area contributed by atoms with E-state index in [4.69, 9.17) is 16.3 Å². The van der Waals surface area contributed by atoms with Crippen LogP contribution in [0.4, 0.5) is 14.5 Å². The Balaban J connectivity index is 1.92. The highest BCUT2D eigenvalue weighted by atomic mass is 35.5. The molecule has 5 heteroatoms. The molecule has 1 aliphatic heterocycles. The summed E-state index contributed by atoms with van der Waals surface area (Å²) in [7, 11) is 0. The van der Waals surface area contributed by atoms with Crippen LogP contribution in [0.25, 0.3) is 0 Å². The Kier molecular flexibility index (Phi) is 3.03. The second-order valence-electron chi connectivity index (χ2n) is 4.33. The number of rotatable bonds is 1. The van der Waals surface area contributed by atoms with Crippen molar-refractivity contribution in [2.24, 2.45) is 0 Å². The number of hydrogen-bond donors (Lipinski definition) is 1. The third kappa shape index (κ3) is 2.49. The number of nitrogens with one attached hydrogen (secondary N) is 1. The normalized spacial score (nSPS) is 17.3. The first-order valence-electron chi connectivity index (χ1n) is 5.78. The van der Waals surface area contributed by atoms with Crippen LogP contribution in [0.3, 0.4) is 0 Å². The van der Waals surface area contributed by atoms with Gasteiger partial charge < -0.3 is 10.1 Å². The number of fused-ring (bicyclic) bond motifs is 1. The zero-order valence-electron chi connectivity index (χ0n) is 9.79. The summed E-state index contributed by atoms with van der Waals surface area (Å²) in [4.78, 5) is 0. The zero-order valence-corrected chi connectivity index (χ0v) is 10.5. The van der Waals surface area contributed by atoms with Gasteiger partial charge in [0, 0.05) is 17.2 Å². The van der Waals surface area contributed by atoms with Crippen LogP contribution in [0.15, 0.2) is 36.4 Å². The number of hydrogen-bond acceptors (Lipinski definition) is 2. The third-order valence-electron chi connectivity index (χ3n) is 2.95. The van der Waals surface area contributed by atoms with Crippen molar-refractivity contribution < 1.29 is 13.5 Å². The van der Waals surface area contributed by atoms with Crippen LogP contribution in [0.2, 0.25) is 5.02 Å². The van der Waals surface area contributed by atoms with E-state index in [1.54, 1.807) is 18.2 Å². The van der Waals surface area contributed by atoms with E-state index < -0.39 is 17.7 Å². The number of anilines is 1. The molecule has 0 saturated carbocycles. The molecular weight excluding hydrogens is 272 g/mol. The molecular formula is C14H10ClF2NO. The smallest absolute Gasteiger partial charge is 0.144 e. The summed E-state index contributed by atoms with van der Waals surface area (Å²) in [5.41, 5.74) is 1.27. The Hall–Kier alpha value is -1.81. The molecule has 98 valence electrons. The molecule has 0 aromatic heterocycles. The molecule has 0 bridgehead atoms. The molecule has 2 aromatic rings. The zero-order chi connectivity index (χ0) is 13.4. The topological polar surface area (TPSA) is 21.3 Å². The number of ether oxygens (including phenoxy) is 1. The highest BCUT2D eigenvalue weighted by molar-refractivity contribution is 6.30. The van der Waals surface area contributed by atoms with Crippen molar-refractivity contribution in [1.82, 2.24) is 0 Å². The predicted octanol–water partition coefficient (Wildman–Crippen LogP) is 4.16. The van der Waals surface area contributed by atoms with Crippen molar-refractivity contribution in [1.29, 1.82) is 0 Å². The lowest BCUT2D eigenvalue weighted by Crippen LogP contribution is -2.23. The predicted molar refractivity (Wildman–Crippen MR) is 69.7 cm³/mol. The van der Waals surface area contributed by atoms with E-state index in [1.165, 1.54) is 12.1 Å². The van der Waals surface area contributed by atoms with Gasteiger partial charge in [0.05, 0.1) is 12.2 Å². The van der Waals surface area contributed by atoms with Gasteiger partial charge >= 0.3 is 0 Å². The summed E-state index contributed by atoms with van der Waals surface area (Å²) in [6, 6.07) is 8.60. The molecule has 3 rings (SSSR count). The van der Waals surface area contributed by atoms with E-state index in [1.807, 2.05) is 0 Å². The Morgan fingerprint density at radius 3 is 2.58 bits per heavy atom. The molecule has 1 unspecified atom stereocenters. The van der Waals surface area contributed by atoms with Gasteiger partial charge in [-0.3, -0.25) is 0 Å². The van der Waals surface area contributed by atoms with E-state index >= 15 is 0 Å². The van der Waals surface area contributed by atoms with Gasteiger partial charge in [-0.15, -0.1) is 0 Å². The summed E-state index contributed by atoms with van der Waals surface area (Å²) in [5.74, 6) is -0.653. The minimum Gasteiger partial charge on any atom is -0.482 e. The highest BCUT2D eigenvalue weighted by Crippen LogP contribution is 2.36. The van der Waals surface area contributed by atoms with Gasteiger partial charge in [0.2, 0.25) is 0 Å². The van der Waals surface area contributed by atoms with Crippen LogP contribution < -0.4 is 10.1 Å². The van der Waals surface area contributed by atoms with Crippen molar-refractivity contribution in [3.05, 3.63) is 58.6 Å². The van der Waals surface area contributed by atoms with Gasteiger partial charge in [0.15, 0.2) is 0 Å². The van der Waals surface area contributed by atoms with Crippen LogP contribution >= 0.6 is 11.6 Å². The van der Waals surface area contributed by atoms with Crippen LogP contribution in [-0.4, -0.2) is 6.54 Å². The lowest BCUT2D eigenvalue weighted by Gasteiger charge is -2.27. The SMILES string of the molecule is Fc1cc(F)cc(C2CNc3ccc(Cl)cc3O2)c1. The molecule has 0 spiro atoms. The van der Waals surface area contributed by atoms with Crippen molar-refractivity contribution >= 4 is 17.3 Å². The Labute approximate surface area is 114 Å². The van der Waals surface area contributed by atoms with Crippen molar-refractivity contribution in [3.63, 3.8) is 0 Å². The highest BCUT2D eigenvalue weighted by Gasteiger charge is 2.22. The molecule has 0 radical (unpaired) electrons. The molecule has 19 heavy (non-hydrogen) atoms. The first-order valence-corrected chi connectivity index (χ1v) is 6.16. The summed E-state index contributed by atoms with van der Waals surface area (Å²) in [6.45, 7) is 0.442. The van der Waals surface area contributed by atoms with Crippen molar-refractivity contribution in [2.45, 2.75) is 6.10 Å². The van der Waals surface area contributed by atoms with Crippen LogP contribution in [0, 0.1) is 11.6 Å². The summed E-state index contributed by atoms with van der Waals surface area (Å²) in [5, 5.41) is 3.70. The maximum atomic E-state index is 13.2. The molecule has 0 aliphatic carbocycles. The first-order chi connectivity index (χ1) is 9.11. The molecule has 1 aliphatic rings. The summed E-state index contributed by atoms with van der Waals surface area (Å²) in [6.07, 6.45) is -0.448. The van der Waals surface area contributed by atoms with Crippen LogP contribution in [-0.2, 0) is 0 Å². The first kappa shape index (κ1) is 12.2. The largest absolute Gasteiger partial charge is 0.482 e. The lowest BCUT2D eigenvalue weighted by molar-refractivity contribution is 0.209. The third-order valence-corrected chi connectivity index (χ3v) is 3.18. The molecule has 1 atom stereocenters. The molecule has 2 aromatic carbocycles. The Morgan fingerprint density at radius 2 is 1.84 bits per heavy atom. The average molecular weight is 282 g/mol. The fourth-order valence-corrected chi connectivity index (χ4v) is 2.25. The fraction of sp³-hybridized carbons (Fsp3) is 0.143. The molecule has 0 fully saturated rings. The fourth-order valence-electron chi connectivity index (χ4n) is 2.08. The van der Waals surface area contributed by atoms with Gasteiger partial charge in [0.25, 0.3) is 0 Å². The molecule has 1 heterocycles. The number of halogens is 3. The molecule has 1 N–H and O–H groups in total. The van der Waals surface area contributed by atoms with E-state index in [0.29, 0.717) is 22.9 Å². The van der Waals surface area contributed by atoms with Gasteiger partial charge in [-0.05, 0) is 29.8 Å². The number of benzene rings is 2. The van der Waals surface area contributed by atoms with E-state index in [0.717, 1.165) is 11.8 Å². The van der Waals surface area contributed by atoms with E-state index in [-0.39, 0.29) is 0 Å². The minimum absolute atomic E-state index is 0.442. The lowest BCUT2D eigenvalue weighted by atomic mass is 10.1. The summed E-state index contributed by atoms with van der Waals surface area (Å²) < 4.78 is 32.1. The van der Waals surface area contributed by atoms with Crippen molar-refractivity contribution in [2.75, 3.05) is 11.9 Å². The second kappa shape index (κ2) is 4.70. The summed E-state index contributed by atoms with van der Waals surface area (Å²) >= 11 is 5.89. The minimum atomic E-state index is -0.615. The standard InChI is InChI=1S/C14H10ClF2NO/c15-9-1-2-12-13(5-9)19-14(7-18-12)8-3-10(16)6-11(17)4-8/h1-6,14,18H,7H2. The van der Waals surface area contributed by atoms with Crippen LogP contribution in [0.5, 0.6) is 5.75 Å². The molecule has 0 amide bonds. The van der Waals surface area contributed by atoms with Gasteiger partial charge in [-0.1, -0.05) is 11.6 Å².